The molecule has 4 nitrogen and oxygen atoms in total. The first-order valence-electron chi connectivity index (χ1n) is 7.03. The van der Waals surface area contributed by atoms with E-state index in [1.54, 1.807) is 0 Å². The summed E-state index contributed by atoms with van der Waals surface area (Å²) >= 11 is 0. The Morgan fingerprint density at radius 1 is 1.16 bits per heavy atom. The molecule has 2 rings (SSSR count). The molecule has 0 aromatic heterocycles. The minimum absolute atomic E-state index is 0.146. The summed E-state index contributed by atoms with van der Waals surface area (Å²) in [6.07, 6.45) is 3.37. The Hall–Kier alpha value is -1.26. The van der Waals surface area contributed by atoms with Crippen molar-refractivity contribution in [2.45, 2.75) is 38.4 Å². The Labute approximate surface area is 114 Å². The molecule has 106 valence electrons. The number of benzene rings is 1. The Morgan fingerprint density at radius 3 is 2.47 bits per heavy atom. The van der Waals surface area contributed by atoms with E-state index in [0.717, 1.165) is 30.8 Å². The van der Waals surface area contributed by atoms with Crippen LogP contribution in [0.15, 0.2) is 24.3 Å². The van der Waals surface area contributed by atoms with Crippen molar-refractivity contribution in [3.8, 4) is 11.5 Å². The Balaban J connectivity index is 1.85. The number of hydrogen-bond acceptors (Lipinski definition) is 4. The molecule has 4 heteroatoms. The monoisotopic (exact) mass is 265 g/mol. The Kier molecular flexibility index (Phi) is 5.48. The van der Waals surface area contributed by atoms with Crippen LogP contribution < -0.4 is 15.2 Å². The zero-order chi connectivity index (χ0) is 13.5. The molecular weight excluding hydrogens is 242 g/mol. The van der Waals surface area contributed by atoms with Gasteiger partial charge in [-0.15, -0.1) is 0 Å². The third-order valence-corrected chi connectivity index (χ3v) is 3.19. The van der Waals surface area contributed by atoms with Crippen LogP contribution in [-0.2, 0) is 4.74 Å². The smallest absolute Gasteiger partial charge is 0.161 e. The van der Waals surface area contributed by atoms with Crippen molar-refractivity contribution in [2.75, 3.05) is 19.8 Å². The quantitative estimate of drug-likeness (QED) is 0.822. The van der Waals surface area contributed by atoms with Crippen LogP contribution in [0.25, 0.3) is 0 Å². The Bertz CT molecular complexity index is 383. The molecule has 1 aromatic rings. The molecule has 19 heavy (non-hydrogen) atoms. The second-order valence-corrected chi connectivity index (χ2v) is 4.80. The fourth-order valence-corrected chi connectivity index (χ4v) is 2.16. The van der Waals surface area contributed by atoms with Gasteiger partial charge in [-0.05, 0) is 31.4 Å². The predicted octanol–water partition coefficient (Wildman–Crippen LogP) is 2.36. The Morgan fingerprint density at radius 2 is 1.84 bits per heavy atom. The number of ether oxygens (including phenoxy) is 3. The normalized spacial score (nSPS) is 22.4. The van der Waals surface area contributed by atoms with E-state index in [-0.39, 0.29) is 12.2 Å². The van der Waals surface area contributed by atoms with Gasteiger partial charge < -0.3 is 19.9 Å². The van der Waals surface area contributed by atoms with E-state index in [9.17, 15) is 0 Å². The van der Waals surface area contributed by atoms with Gasteiger partial charge in [0.1, 0.15) is 6.61 Å². The van der Waals surface area contributed by atoms with Gasteiger partial charge in [0.05, 0.1) is 18.8 Å². The topological polar surface area (TPSA) is 53.7 Å². The first-order valence-corrected chi connectivity index (χ1v) is 7.03. The first kappa shape index (κ1) is 14.2. The average Bonchev–Trinajstić information content (AvgIpc) is 2.91. The summed E-state index contributed by atoms with van der Waals surface area (Å²) in [5.74, 6) is 1.59. The van der Waals surface area contributed by atoms with E-state index in [0.29, 0.717) is 19.8 Å². The highest BCUT2D eigenvalue weighted by Crippen LogP contribution is 2.28. The molecule has 1 aliphatic rings. The fourth-order valence-electron chi connectivity index (χ4n) is 2.16. The molecule has 0 amide bonds. The van der Waals surface area contributed by atoms with Crippen molar-refractivity contribution in [1.82, 2.24) is 0 Å². The van der Waals surface area contributed by atoms with Crippen molar-refractivity contribution in [3.63, 3.8) is 0 Å². The molecule has 0 saturated carbocycles. The second-order valence-electron chi connectivity index (χ2n) is 4.80. The highest BCUT2D eigenvalue weighted by atomic mass is 16.6. The zero-order valence-electron chi connectivity index (χ0n) is 11.5. The first-order chi connectivity index (χ1) is 9.33. The van der Waals surface area contributed by atoms with Crippen LogP contribution >= 0.6 is 0 Å². The minimum Gasteiger partial charge on any atom is -0.490 e. The van der Waals surface area contributed by atoms with Gasteiger partial charge in [-0.2, -0.15) is 0 Å². The molecule has 1 heterocycles. The van der Waals surface area contributed by atoms with Crippen molar-refractivity contribution >= 4 is 0 Å². The maximum Gasteiger partial charge on any atom is 0.161 e. The van der Waals surface area contributed by atoms with Crippen LogP contribution in [0.3, 0.4) is 0 Å². The highest BCUT2D eigenvalue weighted by Gasteiger charge is 2.24. The van der Waals surface area contributed by atoms with Crippen LogP contribution in [0.5, 0.6) is 11.5 Å². The molecule has 0 spiro atoms. The number of para-hydroxylation sites is 2. The average molecular weight is 265 g/mol. The van der Waals surface area contributed by atoms with Gasteiger partial charge in [0, 0.05) is 6.54 Å². The molecule has 2 unspecified atom stereocenters. The summed E-state index contributed by atoms with van der Waals surface area (Å²) in [7, 11) is 0. The summed E-state index contributed by atoms with van der Waals surface area (Å²) < 4.78 is 17.2. The molecule has 1 aliphatic heterocycles. The van der Waals surface area contributed by atoms with Gasteiger partial charge in [-0.3, -0.25) is 0 Å². The highest BCUT2D eigenvalue weighted by molar-refractivity contribution is 5.39. The van der Waals surface area contributed by atoms with Gasteiger partial charge in [0.15, 0.2) is 11.5 Å². The molecule has 0 bridgehead atoms. The molecule has 0 aliphatic carbocycles. The lowest BCUT2D eigenvalue weighted by atomic mass is 10.2. The van der Waals surface area contributed by atoms with E-state index in [1.807, 2.05) is 24.3 Å². The van der Waals surface area contributed by atoms with E-state index in [1.165, 1.54) is 0 Å². The SMILES string of the molecule is CCCOc1ccccc1OCC1CCC(CN)O1. The summed E-state index contributed by atoms with van der Waals surface area (Å²) in [4.78, 5) is 0. The van der Waals surface area contributed by atoms with Crippen LogP contribution in [0.1, 0.15) is 26.2 Å². The molecule has 0 radical (unpaired) electrons. The molecule has 2 atom stereocenters. The second kappa shape index (κ2) is 7.36. The number of nitrogens with two attached hydrogens (primary N) is 1. The summed E-state index contributed by atoms with van der Waals surface area (Å²) in [5.41, 5.74) is 5.60. The number of hydrogen-bond donors (Lipinski definition) is 1. The van der Waals surface area contributed by atoms with Crippen LogP contribution in [0.4, 0.5) is 0 Å². The molecular formula is C15H23NO3. The van der Waals surface area contributed by atoms with Crippen molar-refractivity contribution in [1.29, 1.82) is 0 Å². The van der Waals surface area contributed by atoms with Gasteiger partial charge in [0.2, 0.25) is 0 Å². The maximum absolute atomic E-state index is 5.82. The fraction of sp³-hybridized carbons (Fsp3) is 0.600. The van der Waals surface area contributed by atoms with E-state index < -0.39 is 0 Å². The van der Waals surface area contributed by atoms with Crippen LogP contribution in [0, 0.1) is 0 Å². The third-order valence-electron chi connectivity index (χ3n) is 3.19. The summed E-state index contributed by atoms with van der Waals surface area (Å²) in [6, 6.07) is 7.77. The third kappa shape index (κ3) is 4.11. The lowest BCUT2D eigenvalue weighted by Gasteiger charge is -2.16. The summed E-state index contributed by atoms with van der Waals surface area (Å²) in [5, 5.41) is 0. The van der Waals surface area contributed by atoms with Crippen LogP contribution in [0.2, 0.25) is 0 Å². The maximum atomic E-state index is 5.82. The zero-order valence-corrected chi connectivity index (χ0v) is 11.5. The lowest BCUT2D eigenvalue weighted by molar-refractivity contribution is 0.0215. The van der Waals surface area contributed by atoms with Gasteiger partial charge in [-0.1, -0.05) is 19.1 Å². The van der Waals surface area contributed by atoms with E-state index in [4.69, 9.17) is 19.9 Å². The lowest BCUT2D eigenvalue weighted by Crippen LogP contribution is -2.23. The van der Waals surface area contributed by atoms with Gasteiger partial charge in [0.25, 0.3) is 0 Å². The van der Waals surface area contributed by atoms with Crippen molar-refractivity contribution in [2.24, 2.45) is 5.73 Å². The van der Waals surface area contributed by atoms with Crippen LogP contribution in [-0.4, -0.2) is 32.0 Å². The number of rotatable bonds is 7. The van der Waals surface area contributed by atoms with Crippen molar-refractivity contribution < 1.29 is 14.2 Å². The molecule has 1 aromatic carbocycles. The van der Waals surface area contributed by atoms with Gasteiger partial charge >= 0.3 is 0 Å². The van der Waals surface area contributed by atoms with E-state index in [2.05, 4.69) is 6.92 Å². The van der Waals surface area contributed by atoms with Gasteiger partial charge in [-0.25, -0.2) is 0 Å². The largest absolute Gasteiger partial charge is 0.490 e. The molecule has 2 N–H and O–H groups in total. The summed E-state index contributed by atoms with van der Waals surface area (Å²) in [6.45, 7) is 3.94. The minimum atomic E-state index is 0.146. The van der Waals surface area contributed by atoms with Crippen molar-refractivity contribution in [3.05, 3.63) is 24.3 Å². The molecule has 1 saturated heterocycles. The van der Waals surface area contributed by atoms with E-state index >= 15 is 0 Å². The predicted molar refractivity (Wildman–Crippen MR) is 74.7 cm³/mol. The standard InChI is InChI=1S/C15H23NO3/c1-2-9-17-14-5-3-4-6-15(14)18-11-13-8-7-12(10-16)19-13/h3-6,12-13H,2,7-11,16H2,1H3. The molecule has 1 fully saturated rings.